The van der Waals surface area contributed by atoms with Crippen LogP contribution in [0.25, 0.3) is 16.7 Å². The highest BCUT2D eigenvalue weighted by Crippen LogP contribution is 2.22. The molecule has 0 aliphatic carbocycles. The number of fused-ring (bicyclic) bond motifs is 1. The van der Waals surface area contributed by atoms with Crippen LogP contribution in [0.3, 0.4) is 0 Å². The second-order valence-electron chi connectivity index (χ2n) is 5.66. The minimum absolute atomic E-state index is 0.158. The second kappa shape index (κ2) is 6.18. The molecule has 3 heterocycles. The van der Waals surface area contributed by atoms with Gasteiger partial charge in [-0.05, 0) is 37.3 Å². The van der Waals surface area contributed by atoms with E-state index < -0.39 is 5.91 Å². The Morgan fingerprint density at radius 3 is 2.81 bits per heavy atom. The Labute approximate surface area is 148 Å². The van der Waals surface area contributed by atoms with Crippen LogP contribution in [0.15, 0.2) is 59.1 Å². The van der Waals surface area contributed by atoms with Gasteiger partial charge in [0.2, 0.25) is 0 Å². The Kier molecular flexibility index (Phi) is 3.71. The molecule has 0 saturated carbocycles. The number of aromatic nitrogens is 3. The summed E-state index contributed by atoms with van der Waals surface area (Å²) in [4.78, 5) is 17.0. The molecule has 0 aliphatic rings. The molecular formula is C19H13N5O2. The molecule has 4 rings (SSSR count). The maximum absolute atomic E-state index is 12.4. The number of amides is 1. The minimum atomic E-state index is -0.461. The zero-order valence-electron chi connectivity index (χ0n) is 13.8. The molecule has 1 N–H and O–H groups in total. The van der Waals surface area contributed by atoms with Crippen molar-refractivity contribution in [1.82, 2.24) is 14.8 Å². The first-order chi connectivity index (χ1) is 12.7. The Morgan fingerprint density at radius 2 is 2.04 bits per heavy atom. The SMILES string of the molecule is Cc1ccc(C(=O)Nc2c(C#N)cnn2-c2ccc3ccccc3n2)o1. The Morgan fingerprint density at radius 1 is 1.19 bits per heavy atom. The van der Waals surface area contributed by atoms with Crippen LogP contribution in [0, 0.1) is 18.3 Å². The number of rotatable bonds is 3. The Balaban J connectivity index is 1.76. The molecule has 0 aliphatic heterocycles. The number of carbonyl (C=O) groups is 1. The van der Waals surface area contributed by atoms with Crippen LogP contribution < -0.4 is 5.32 Å². The van der Waals surface area contributed by atoms with E-state index in [4.69, 9.17) is 4.42 Å². The minimum Gasteiger partial charge on any atom is -0.456 e. The van der Waals surface area contributed by atoms with Crippen molar-refractivity contribution in [2.24, 2.45) is 0 Å². The lowest BCUT2D eigenvalue weighted by atomic mass is 10.2. The number of para-hydroxylation sites is 1. The predicted octanol–water partition coefficient (Wildman–Crippen LogP) is 3.45. The number of carbonyl (C=O) groups excluding carboxylic acids is 1. The van der Waals surface area contributed by atoms with Crippen molar-refractivity contribution in [1.29, 1.82) is 5.26 Å². The van der Waals surface area contributed by atoms with Crippen molar-refractivity contribution in [3.8, 4) is 11.9 Å². The fourth-order valence-corrected chi connectivity index (χ4v) is 2.62. The number of aryl methyl sites for hydroxylation is 1. The first kappa shape index (κ1) is 15.6. The molecule has 26 heavy (non-hydrogen) atoms. The van der Waals surface area contributed by atoms with Gasteiger partial charge in [-0.1, -0.05) is 18.2 Å². The molecule has 7 heteroatoms. The predicted molar refractivity (Wildman–Crippen MR) is 95.0 cm³/mol. The number of nitrogens with one attached hydrogen (secondary N) is 1. The molecule has 1 aromatic carbocycles. The summed E-state index contributed by atoms with van der Waals surface area (Å²) in [5.74, 6) is 1.06. The first-order valence-corrected chi connectivity index (χ1v) is 7.88. The van der Waals surface area contributed by atoms with Crippen LogP contribution in [0.5, 0.6) is 0 Å². The molecule has 7 nitrogen and oxygen atoms in total. The monoisotopic (exact) mass is 343 g/mol. The fourth-order valence-electron chi connectivity index (χ4n) is 2.62. The third-order valence-corrected chi connectivity index (χ3v) is 3.89. The fraction of sp³-hybridized carbons (Fsp3) is 0.0526. The molecule has 126 valence electrons. The van der Waals surface area contributed by atoms with Gasteiger partial charge in [0.05, 0.1) is 11.7 Å². The molecule has 0 fully saturated rings. The summed E-state index contributed by atoms with van der Waals surface area (Å²) in [6, 6.07) is 16.7. The van der Waals surface area contributed by atoms with Gasteiger partial charge in [-0.3, -0.25) is 4.79 Å². The third-order valence-electron chi connectivity index (χ3n) is 3.89. The number of benzene rings is 1. The number of nitrogens with zero attached hydrogens (tertiary/aromatic N) is 4. The van der Waals surface area contributed by atoms with Crippen LogP contribution in [-0.2, 0) is 0 Å². The van der Waals surface area contributed by atoms with Crippen LogP contribution in [-0.4, -0.2) is 20.7 Å². The molecule has 0 atom stereocenters. The summed E-state index contributed by atoms with van der Waals surface area (Å²) in [5, 5.41) is 17.2. The van der Waals surface area contributed by atoms with E-state index in [-0.39, 0.29) is 17.1 Å². The number of nitriles is 1. The number of hydrogen-bond acceptors (Lipinski definition) is 5. The number of furan rings is 1. The van der Waals surface area contributed by atoms with Crippen molar-refractivity contribution >= 4 is 22.6 Å². The van der Waals surface area contributed by atoms with Gasteiger partial charge in [-0.2, -0.15) is 15.0 Å². The van der Waals surface area contributed by atoms with Gasteiger partial charge in [0.25, 0.3) is 5.91 Å². The number of pyridine rings is 1. The van der Waals surface area contributed by atoms with Crippen LogP contribution in [0.1, 0.15) is 21.9 Å². The van der Waals surface area contributed by atoms with Gasteiger partial charge >= 0.3 is 0 Å². The molecular weight excluding hydrogens is 330 g/mol. The maximum Gasteiger partial charge on any atom is 0.292 e. The van der Waals surface area contributed by atoms with Crippen LogP contribution in [0.4, 0.5) is 5.82 Å². The van der Waals surface area contributed by atoms with E-state index in [1.54, 1.807) is 25.1 Å². The van der Waals surface area contributed by atoms with Gasteiger partial charge in [-0.25, -0.2) is 4.98 Å². The lowest BCUT2D eigenvalue weighted by molar-refractivity contribution is 0.0994. The molecule has 0 saturated heterocycles. The van der Waals surface area contributed by atoms with Crippen LogP contribution in [0.2, 0.25) is 0 Å². The molecule has 0 bridgehead atoms. The standard InChI is InChI=1S/C19H13N5O2/c1-12-6-8-16(26-12)19(25)23-18-14(10-20)11-21-24(18)17-9-7-13-4-2-3-5-15(13)22-17/h2-9,11H,1H3,(H,23,25). The van der Waals surface area contributed by atoms with E-state index in [0.29, 0.717) is 11.6 Å². The van der Waals surface area contributed by atoms with Gasteiger partial charge in [0.15, 0.2) is 17.4 Å². The van der Waals surface area contributed by atoms with Crippen molar-refractivity contribution in [3.63, 3.8) is 0 Å². The highest BCUT2D eigenvalue weighted by molar-refractivity contribution is 6.02. The molecule has 0 spiro atoms. The van der Waals surface area contributed by atoms with Crippen molar-refractivity contribution < 1.29 is 9.21 Å². The lowest BCUT2D eigenvalue weighted by Gasteiger charge is -2.09. The van der Waals surface area contributed by atoms with E-state index in [1.807, 2.05) is 36.4 Å². The smallest absolute Gasteiger partial charge is 0.292 e. The van der Waals surface area contributed by atoms with Gasteiger partial charge < -0.3 is 9.73 Å². The summed E-state index contributed by atoms with van der Waals surface area (Å²) in [6.45, 7) is 1.75. The van der Waals surface area contributed by atoms with Crippen molar-refractivity contribution in [3.05, 3.63) is 71.8 Å². The molecule has 0 unspecified atom stereocenters. The van der Waals surface area contributed by atoms with Crippen molar-refractivity contribution in [2.45, 2.75) is 6.92 Å². The highest BCUT2D eigenvalue weighted by Gasteiger charge is 2.18. The summed E-state index contributed by atoms with van der Waals surface area (Å²) in [7, 11) is 0. The third kappa shape index (κ3) is 2.70. The van der Waals surface area contributed by atoms with E-state index in [2.05, 4.69) is 15.4 Å². The lowest BCUT2D eigenvalue weighted by Crippen LogP contribution is -2.16. The zero-order chi connectivity index (χ0) is 18.1. The summed E-state index contributed by atoms with van der Waals surface area (Å²) < 4.78 is 6.76. The number of hydrogen-bond donors (Lipinski definition) is 1. The van der Waals surface area contributed by atoms with Crippen molar-refractivity contribution in [2.75, 3.05) is 5.32 Å². The van der Waals surface area contributed by atoms with Gasteiger partial charge in [0, 0.05) is 5.39 Å². The highest BCUT2D eigenvalue weighted by atomic mass is 16.3. The Hall–Kier alpha value is -3.92. The van der Waals surface area contributed by atoms with E-state index >= 15 is 0 Å². The Bertz CT molecular complexity index is 1170. The average Bonchev–Trinajstić information content (AvgIpc) is 3.27. The molecule has 0 radical (unpaired) electrons. The molecule has 4 aromatic rings. The largest absolute Gasteiger partial charge is 0.456 e. The first-order valence-electron chi connectivity index (χ1n) is 7.88. The topological polar surface area (TPSA) is 96.7 Å². The van der Waals surface area contributed by atoms with Gasteiger partial charge in [-0.15, -0.1) is 0 Å². The zero-order valence-corrected chi connectivity index (χ0v) is 13.8. The molecule has 3 aromatic heterocycles. The normalized spacial score (nSPS) is 10.6. The van der Waals surface area contributed by atoms with E-state index in [1.165, 1.54) is 10.9 Å². The maximum atomic E-state index is 12.4. The second-order valence-corrected chi connectivity index (χ2v) is 5.66. The average molecular weight is 343 g/mol. The van der Waals surface area contributed by atoms with Crippen LogP contribution >= 0.6 is 0 Å². The summed E-state index contributed by atoms with van der Waals surface area (Å²) in [6.07, 6.45) is 1.39. The quantitative estimate of drug-likeness (QED) is 0.614. The summed E-state index contributed by atoms with van der Waals surface area (Å²) >= 11 is 0. The van der Waals surface area contributed by atoms with Gasteiger partial charge in [0.1, 0.15) is 17.4 Å². The van der Waals surface area contributed by atoms with E-state index in [0.717, 1.165) is 10.9 Å². The summed E-state index contributed by atoms with van der Waals surface area (Å²) in [5.41, 5.74) is 1.02. The van der Waals surface area contributed by atoms with E-state index in [9.17, 15) is 10.1 Å². The number of anilines is 1. The molecule has 1 amide bonds.